The van der Waals surface area contributed by atoms with Crippen LogP contribution in [0, 0.1) is 0 Å². The summed E-state index contributed by atoms with van der Waals surface area (Å²) in [7, 11) is 1.16. The number of nitrogens with zero attached hydrogens (tertiary/aromatic N) is 1. The molecule has 1 atom stereocenters. The highest BCUT2D eigenvalue weighted by atomic mass is 16.5. The largest absolute Gasteiger partial charge is 0.506 e. The molecule has 27 heavy (non-hydrogen) atoms. The van der Waals surface area contributed by atoms with Gasteiger partial charge in [-0.05, 0) is 17.7 Å². The van der Waals surface area contributed by atoms with Crippen molar-refractivity contribution in [3.8, 4) is 5.75 Å². The molecule has 0 fully saturated rings. The van der Waals surface area contributed by atoms with E-state index in [-0.39, 0.29) is 17.5 Å². The van der Waals surface area contributed by atoms with Crippen LogP contribution in [0.4, 0.5) is 0 Å². The summed E-state index contributed by atoms with van der Waals surface area (Å²) in [6.45, 7) is 0. The van der Waals surface area contributed by atoms with Gasteiger partial charge in [0.2, 0.25) is 5.91 Å². The molecule has 138 valence electrons. The van der Waals surface area contributed by atoms with E-state index >= 15 is 0 Å². The quantitative estimate of drug-likeness (QED) is 0.584. The molecule has 0 spiro atoms. The maximum absolute atomic E-state index is 12.5. The van der Waals surface area contributed by atoms with Crippen LogP contribution in [0.15, 0.2) is 47.5 Å². The third-order valence-corrected chi connectivity index (χ3v) is 4.32. The monoisotopic (exact) mass is 367 g/mol. The van der Waals surface area contributed by atoms with Crippen molar-refractivity contribution >= 4 is 22.8 Å². The molecule has 0 aliphatic heterocycles. The molecular weight excluding hydrogens is 350 g/mol. The normalized spacial score (nSPS) is 11.9. The maximum Gasteiger partial charge on any atom is 0.343 e. The molecule has 0 unspecified atom stereocenters. The lowest BCUT2D eigenvalue weighted by atomic mass is 9.86. The number of carbonyl (C=O) groups is 2. The summed E-state index contributed by atoms with van der Waals surface area (Å²) in [5, 5.41) is 11.3. The number of benzene rings is 1. The van der Waals surface area contributed by atoms with E-state index in [9.17, 15) is 19.5 Å². The maximum atomic E-state index is 12.5. The van der Waals surface area contributed by atoms with E-state index in [0.717, 1.165) is 13.3 Å². The van der Waals surface area contributed by atoms with Gasteiger partial charge in [-0.3, -0.25) is 14.6 Å². The van der Waals surface area contributed by atoms with Crippen molar-refractivity contribution in [3.63, 3.8) is 0 Å². The van der Waals surface area contributed by atoms with Crippen LogP contribution in [0.25, 0.3) is 10.9 Å². The standard InChI is InChI=1S/C19H17N3O5/c1-27-19(26)13-9-22-18(25)16(17(13)24)12(8-15(20)23)10-6-7-21-14-5-3-2-4-11(10)14/h2-7,9,12H,8H2,1H3,(H2,20,23)(H2,22,24,25)/t12-/m0/s1. The zero-order valence-electron chi connectivity index (χ0n) is 14.4. The molecule has 0 saturated heterocycles. The Morgan fingerprint density at radius 1 is 1.30 bits per heavy atom. The average molecular weight is 367 g/mol. The van der Waals surface area contributed by atoms with Crippen LogP contribution in [0.1, 0.15) is 33.8 Å². The van der Waals surface area contributed by atoms with E-state index in [0.29, 0.717) is 16.5 Å². The van der Waals surface area contributed by atoms with Crippen LogP contribution in [-0.4, -0.2) is 34.1 Å². The number of esters is 1. The lowest BCUT2D eigenvalue weighted by Crippen LogP contribution is -2.24. The van der Waals surface area contributed by atoms with Gasteiger partial charge >= 0.3 is 5.97 Å². The number of aromatic amines is 1. The summed E-state index contributed by atoms with van der Waals surface area (Å²) in [6.07, 6.45) is 2.37. The van der Waals surface area contributed by atoms with E-state index in [1.165, 1.54) is 0 Å². The zero-order chi connectivity index (χ0) is 19.6. The van der Waals surface area contributed by atoms with Crippen molar-refractivity contribution in [1.82, 2.24) is 9.97 Å². The SMILES string of the molecule is COC(=O)c1c[nH]c(=O)c([C@@H](CC(N)=O)c2ccnc3ccccc23)c1O. The second-order valence-corrected chi connectivity index (χ2v) is 5.93. The number of aromatic nitrogens is 2. The minimum atomic E-state index is -0.872. The molecule has 8 heteroatoms. The molecule has 8 nitrogen and oxygen atoms in total. The number of pyridine rings is 2. The number of para-hydroxylation sites is 1. The van der Waals surface area contributed by atoms with Gasteiger partial charge in [-0.1, -0.05) is 18.2 Å². The highest BCUT2D eigenvalue weighted by Crippen LogP contribution is 2.36. The predicted octanol–water partition coefficient (Wildman–Crippen LogP) is 1.42. The topological polar surface area (TPSA) is 135 Å². The van der Waals surface area contributed by atoms with Crippen molar-refractivity contribution in [2.45, 2.75) is 12.3 Å². The van der Waals surface area contributed by atoms with Crippen LogP contribution < -0.4 is 11.3 Å². The van der Waals surface area contributed by atoms with Crippen molar-refractivity contribution in [2.24, 2.45) is 5.73 Å². The Hall–Kier alpha value is -3.68. The predicted molar refractivity (Wildman–Crippen MR) is 97.5 cm³/mol. The Kier molecular flexibility index (Phi) is 4.89. The third-order valence-electron chi connectivity index (χ3n) is 4.32. The van der Waals surface area contributed by atoms with E-state index in [1.54, 1.807) is 30.5 Å². The summed E-state index contributed by atoms with van der Waals surface area (Å²) in [5.74, 6) is -2.90. The molecule has 1 amide bonds. The first kappa shape index (κ1) is 18.1. The fourth-order valence-electron chi connectivity index (χ4n) is 3.12. The summed E-state index contributed by atoms with van der Waals surface area (Å²) >= 11 is 0. The molecule has 3 rings (SSSR count). The number of rotatable bonds is 5. The van der Waals surface area contributed by atoms with Crippen LogP contribution in [0.3, 0.4) is 0 Å². The van der Waals surface area contributed by atoms with E-state index in [4.69, 9.17) is 5.73 Å². The van der Waals surface area contributed by atoms with Gasteiger partial charge in [0.25, 0.3) is 5.56 Å². The Balaban J connectivity index is 2.30. The molecule has 1 aromatic carbocycles. The molecule has 3 aromatic rings. The molecular formula is C19H17N3O5. The lowest BCUT2D eigenvalue weighted by molar-refractivity contribution is -0.118. The molecule has 0 aliphatic rings. The second-order valence-electron chi connectivity index (χ2n) is 5.93. The Morgan fingerprint density at radius 3 is 2.74 bits per heavy atom. The number of nitrogens with two attached hydrogens (primary N) is 1. The zero-order valence-corrected chi connectivity index (χ0v) is 14.4. The number of hydrogen-bond acceptors (Lipinski definition) is 6. The van der Waals surface area contributed by atoms with Crippen LogP contribution in [0.5, 0.6) is 5.75 Å². The lowest BCUT2D eigenvalue weighted by Gasteiger charge is -2.19. The third kappa shape index (κ3) is 3.37. The van der Waals surface area contributed by atoms with Gasteiger partial charge in [0.15, 0.2) is 0 Å². The van der Waals surface area contributed by atoms with Crippen molar-refractivity contribution in [3.05, 3.63) is 69.8 Å². The first-order valence-corrected chi connectivity index (χ1v) is 8.08. The fraction of sp³-hybridized carbons (Fsp3) is 0.158. The summed E-state index contributed by atoms with van der Waals surface area (Å²) < 4.78 is 4.63. The number of aromatic hydroxyl groups is 1. The number of hydrogen-bond donors (Lipinski definition) is 3. The van der Waals surface area contributed by atoms with E-state index in [2.05, 4.69) is 14.7 Å². The van der Waals surface area contributed by atoms with Crippen molar-refractivity contribution in [2.75, 3.05) is 7.11 Å². The average Bonchev–Trinajstić information content (AvgIpc) is 2.66. The number of fused-ring (bicyclic) bond motifs is 1. The van der Waals surface area contributed by atoms with E-state index < -0.39 is 29.1 Å². The number of carbonyl (C=O) groups excluding carboxylic acids is 2. The molecule has 2 heterocycles. The summed E-state index contributed by atoms with van der Waals surface area (Å²) in [6, 6.07) is 8.84. The Labute approximate surface area is 153 Å². The van der Waals surface area contributed by atoms with Gasteiger partial charge < -0.3 is 20.6 Å². The number of amides is 1. The van der Waals surface area contributed by atoms with E-state index in [1.807, 2.05) is 6.07 Å². The number of methoxy groups -OCH3 is 1. The molecule has 0 aliphatic carbocycles. The highest BCUT2D eigenvalue weighted by Gasteiger charge is 2.28. The minimum absolute atomic E-state index is 0.131. The van der Waals surface area contributed by atoms with Crippen LogP contribution in [0.2, 0.25) is 0 Å². The number of primary amides is 1. The van der Waals surface area contributed by atoms with Gasteiger partial charge in [-0.15, -0.1) is 0 Å². The molecule has 0 saturated carbocycles. The van der Waals surface area contributed by atoms with Gasteiger partial charge in [0, 0.05) is 30.1 Å². The van der Waals surface area contributed by atoms with Crippen molar-refractivity contribution in [1.29, 1.82) is 0 Å². The molecule has 4 N–H and O–H groups in total. The summed E-state index contributed by atoms with van der Waals surface area (Å²) in [5.41, 5.74) is 5.67. The molecule has 0 radical (unpaired) electrons. The number of ether oxygens (including phenoxy) is 1. The Morgan fingerprint density at radius 2 is 2.04 bits per heavy atom. The smallest absolute Gasteiger partial charge is 0.343 e. The fourth-order valence-corrected chi connectivity index (χ4v) is 3.12. The first-order valence-electron chi connectivity index (χ1n) is 8.08. The van der Waals surface area contributed by atoms with Gasteiger partial charge in [0.05, 0.1) is 18.2 Å². The number of nitrogens with one attached hydrogen (secondary N) is 1. The molecule has 2 aromatic heterocycles. The Bertz CT molecular complexity index is 1080. The molecule has 0 bridgehead atoms. The minimum Gasteiger partial charge on any atom is -0.506 e. The first-order chi connectivity index (χ1) is 12.9. The second kappa shape index (κ2) is 7.28. The van der Waals surface area contributed by atoms with Crippen LogP contribution in [-0.2, 0) is 9.53 Å². The van der Waals surface area contributed by atoms with Crippen molar-refractivity contribution < 1.29 is 19.4 Å². The van der Waals surface area contributed by atoms with Gasteiger partial charge in [0.1, 0.15) is 11.3 Å². The van der Waals surface area contributed by atoms with Gasteiger partial charge in [-0.2, -0.15) is 0 Å². The van der Waals surface area contributed by atoms with Gasteiger partial charge in [-0.25, -0.2) is 4.79 Å². The number of H-pyrrole nitrogens is 1. The summed E-state index contributed by atoms with van der Waals surface area (Å²) in [4.78, 5) is 42.8. The highest BCUT2D eigenvalue weighted by molar-refractivity contribution is 5.93. The van der Waals surface area contributed by atoms with Crippen LogP contribution >= 0.6 is 0 Å².